The van der Waals surface area contributed by atoms with Crippen LogP contribution in [0, 0.1) is 5.82 Å². The number of amides is 1. The molecule has 0 aliphatic rings. The number of aromatic nitrogens is 3. The summed E-state index contributed by atoms with van der Waals surface area (Å²) in [6.07, 6.45) is 0.789. The minimum absolute atomic E-state index is 0.283. The average Bonchev–Trinajstić information content (AvgIpc) is 2.80. The van der Waals surface area contributed by atoms with Crippen molar-refractivity contribution in [2.24, 2.45) is 0 Å². The van der Waals surface area contributed by atoms with Crippen LogP contribution in [0.2, 0.25) is 0 Å². The second-order valence-corrected chi connectivity index (χ2v) is 6.03. The van der Waals surface area contributed by atoms with E-state index in [0.717, 1.165) is 6.42 Å². The van der Waals surface area contributed by atoms with Crippen molar-refractivity contribution >= 4 is 23.4 Å². The Balaban J connectivity index is 2.04. The molecule has 1 aromatic carbocycles. The van der Waals surface area contributed by atoms with E-state index in [9.17, 15) is 14.0 Å². The normalized spacial score (nSPS) is 12.1. The standard InChI is InChI=1S/C14H17FN4O2S/c1-3-7-19-13(21)17-18-14(19)22-9(2)12(20)16-11-6-4-5-10(15)8-11/h4-6,8-9H,3,7H2,1-2H3,(H,16,20)(H,17,21)/t9-/m0/s1. The zero-order valence-corrected chi connectivity index (χ0v) is 13.1. The number of hydrogen-bond acceptors (Lipinski definition) is 4. The predicted octanol–water partition coefficient (Wildman–Crippen LogP) is 2.24. The van der Waals surface area contributed by atoms with Gasteiger partial charge < -0.3 is 5.32 Å². The van der Waals surface area contributed by atoms with Gasteiger partial charge in [0.1, 0.15) is 5.82 Å². The number of carbonyl (C=O) groups excluding carboxylic acids is 1. The molecule has 0 spiro atoms. The minimum Gasteiger partial charge on any atom is -0.325 e. The molecule has 2 N–H and O–H groups in total. The first kappa shape index (κ1) is 16.3. The molecule has 1 atom stereocenters. The van der Waals surface area contributed by atoms with Gasteiger partial charge in [0.25, 0.3) is 0 Å². The first-order chi connectivity index (χ1) is 10.5. The topological polar surface area (TPSA) is 79.8 Å². The molecule has 0 radical (unpaired) electrons. The van der Waals surface area contributed by atoms with E-state index in [4.69, 9.17) is 0 Å². The number of anilines is 1. The van der Waals surface area contributed by atoms with Crippen molar-refractivity contribution in [1.29, 1.82) is 0 Å². The third kappa shape index (κ3) is 3.97. The second kappa shape index (κ2) is 7.26. The van der Waals surface area contributed by atoms with Gasteiger partial charge in [0.05, 0.1) is 5.25 Å². The van der Waals surface area contributed by atoms with Gasteiger partial charge in [-0.3, -0.25) is 9.36 Å². The van der Waals surface area contributed by atoms with Gasteiger partial charge in [0.15, 0.2) is 5.16 Å². The van der Waals surface area contributed by atoms with Crippen molar-refractivity contribution < 1.29 is 9.18 Å². The quantitative estimate of drug-likeness (QED) is 0.799. The van der Waals surface area contributed by atoms with E-state index in [1.165, 1.54) is 34.5 Å². The van der Waals surface area contributed by atoms with E-state index in [2.05, 4.69) is 15.5 Å². The summed E-state index contributed by atoms with van der Waals surface area (Å²) < 4.78 is 14.6. The predicted molar refractivity (Wildman–Crippen MR) is 83.5 cm³/mol. The third-order valence-electron chi connectivity index (χ3n) is 2.91. The first-order valence-electron chi connectivity index (χ1n) is 6.89. The minimum atomic E-state index is -0.478. The Morgan fingerprint density at radius 1 is 1.55 bits per heavy atom. The molecule has 0 bridgehead atoms. The van der Waals surface area contributed by atoms with Crippen molar-refractivity contribution in [3.63, 3.8) is 0 Å². The SMILES string of the molecule is CCCn1c(S[C@@H](C)C(=O)Nc2cccc(F)c2)n[nH]c1=O. The highest BCUT2D eigenvalue weighted by Crippen LogP contribution is 2.21. The lowest BCUT2D eigenvalue weighted by Crippen LogP contribution is -2.24. The number of nitrogens with zero attached hydrogens (tertiary/aromatic N) is 2. The molecule has 0 aliphatic carbocycles. The smallest absolute Gasteiger partial charge is 0.325 e. The number of rotatable bonds is 6. The largest absolute Gasteiger partial charge is 0.343 e. The summed E-state index contributed by atoms with van der Waals surface area (Å²) in [5, 5.41) is 8.93. The number of H-pyrrole nitrogens is 1. The summed E-state index contributed by atoms with van der Waals surface area (Å²) in [6, 6.07) is 5.69. The molecule has 6 nitrogen and oxygen atoms in total. The second-order valence-electron chi connectivity index (χ2n) is 4.72. The molecule has 8 heteroatoms. The maximum Gasteiger partial charge on any atom is 0.343 e. The van der Waals surface area contributed by atoms with Gasteiger partial charge in [-0.05, 0) is 31.5 Å². The van der Waals surface area contributed by atoms with Crippen LogP contribution in [-0.4, -0.2) is 25.9 Å². The molecule has 0 saturated heterocycles. The molecule has 2 aromatic rings. The summed E-state index contributed by atoms with van der Waals surface area (Å²) in [5.74, 6) is -0.698. The van der Waals surface area contributed by atoms with E-state index >= 15 is 0 Å². The third-order valence-corrected chi connectivity index (χ3v) is 4.00. The number of hydrogen-bond donors (Lipinski definition) is 2. The van der Waals surface area contributed by atoms with Gasteiger partial charge >= 0.3 is 5.69 Å². The van der Waals surface area contributed by atoms with Crippen LogP contribution < -0.4 is 11.0 Å². The Morgan fingerprint density at radius 3 is 3.00 bits per heavy atom. The molecule has 0 unspecified atom stereocenters. The van der Waals surface area contributed by atoms with Crippen LogP contribution in [0.15, 0.2) is 34.2 Å². The van der Waals surface area contributed by atoms with E-state index in [0.29, 0.717) is 17.4 Å². The molecular weight excluding hydrogens is 307 g/mol. The highest BCUT2D eigenvalue weighted by Gasteiger charge is 2.19. The van der Waals surface area contributed by atoms with E-state index in [1.54, 1.807) is 13.0 Å². The number of nitrogens with one attached hydrogen (secondary N) is 2. The fourth-order valence-corrected chi connectivity index (χ4v) is 2.72. The van der Waals surface area contributed by atoms with Crippen LogP contribution >= 0.6 is 11.8 Å². The summed E-state index contributed by atoms with van der Waals surface area (Å²) in [4.78, 5) is 23.7. The lowest BCUT2D eigenvalue weighted by atomic mass is 10.3. The summed E-state index contributed by atoms with van der Waals surface area (Å²) in [6.45, 7) is 4.19. The Hall–Kier alpha value is -2.09. The summed E-state index contributed by atoms with van der Waals surface area (Å²) in [7, 11) is 0. The van der Waals surface area contributed by atoms with Crippen LogP contribution in [0.4, 0.5) is 10.1 Å². The maximum absolute atomic E-state index is 13.1. The van der Waals surface area contributed by atoms with Crippen molar-refractivity contribution in [2.75, 3.05) is 5.32 Å². The van der Waals surface area contributed by atoms with Gasteiger partial charge in [-0.1, -0.05) is 24.8 Å². The van der Waals surface area contributed by atoms with Crippen molar-refractivity contribution in [3.8, 4) is 0 Å². The van der Waals surface area contributed by atoms with Crippen molar-refractivity contribution in [2.45, 2.75) is 37.2 Å². The van der Waals surface area contributed by atoms with Crippen LogP contribution in [0.3, 0.4) is 0 Å². The van der Waals surface area contributed by atoms with E-state index in [1.807, 2.05) is 6.92 Å². The number of aromatic amines is 1. The van der Waals surface area contributed by atoms with Crippen LogP contribution in [0.25, 0.3) is 0 Å². The van der Waals surface area contributed by atoms with E-state index in [-0.39, 0.29) is 11.6 Å². The number of benzene rings is 1. The number of thioether (sulfide) groups is 1. The Labute approximate surface area is 131 Å². The van der Waals surface area contributed by atoms with Crippen molar-refractivity contribution in [3.05, 3.63) is 40.6 Å². The fraction of sp³-hybridized carbons (Fsp3) is 0.357. The van der Waals surface area contributed by atoms with Gasteiger partial charge in [-0.2, -0.15) is 0 Å². The van der Waals surface area contributed by atoms with Crippen molar-refractivity contribution in [1.82, 2.24) is 14.8 Å². The lowest BCUT2D eigenvalue weighted by Gasteiger charge is -2.12. The first-order valence-corrected chi connectivity index (χ1v) is 7.77. The number of halogens is 1. The number of carbonyl (C=O) groups is 1. The van der Waals surface area contributed by atoms with E-state index < -0.39 is 11.1 Å². The molecule has 1 amide bonds. The lowest BCUT2D eigenvalue weighted by molar-refractivity contribution is -0.115. The van der Waals surface area contributed by atoms with Gasteiger partial charge in [-0.25, -0.2) is 14.3 Å². The zero-order valence-electron chi connectivity index (χ0n) is 12.3. The Morgan fingerprint density at radius 2 is 2.32 bits per heavy atom. The van der Waals surface area contributed by atoms with Gasteiger partial charge in [0.2, 0.25) is 5.91 Å². The average molecular weight is 324 g/mol. The highest BCUT2D eigenvalue weighted by molar-refractivity contribution is 8.00. The molecule has 118 valence electrons. The van der Waals surface area contributed by atoms with Crippen LogP contribution in [-0.2, 0) is 11.3 Å². The Bertz CT molecular complexity index is 713. The Kier molecular flexibility index (Phi) is 5.37. The van der Waals surface area contributed by atoms with Gasteiger partial charge in [-0.15, -0.1) is 5.10 Å². The summed E-state index contributed by atoms with van der Waals surface area (Å²) >= 11 is 1.18. The molecular formula is C14H17FN4O2S. The molecule has 2 rings (SSSR count). The molecule has 22 heavy (non-hydrogen) atoms. The maximum atomic E-state index is 13.1. The van der Waals surface area contributed by atoms with Gasteiger partial charge in [0, 0.05) is 12.2 Å². The highest BCUT2D eigenvalue weighted by atomic mass is 32.2. The molecule has 0 saturated carbocycles. The fourth-order valence-electron chi connectivity index (χ4n) is 1.84. The van der Waals surface area contributed by atoms with Crippen LogP contribution in [0.5, 0.6) is 0 Å². The zero-order chi connectivity index (χ0) is 16.1. The summed E-state index contributed by atoms with van der Waals surface area (Å²) in [5.41, 5.74) is 0.104. The monoisotopic (exact) mass is 324 g/mol. The van der Waals surface area contributed by atoms with Crippen LogP contribution in [0.1, 0.15) is 20.3 Å². The molecule has 0 aliphatic heterocycles. The molecule has 1 heterocycles. The molecule has 0 fully saturated rings. The molecule has 1 aromatic heterocycles.